The van der Waals surface area contributed by atoms with Gasteiger partial charge < -0.3 is 15.0 Å². The SMILES string of the molecule is CN=C(NCCc1ccc(I)s1)N1CCC2(CCOC2)C1.I. The van der Waals surface area contributed by atoms with Gasteiger partial charge in [-0.05, 0) is 54.0 Å². The van der Waals surface area contributed by atoms with Crippen LogP contribution in [-0.4, -0.2) is 50.8 Å². The summed E-state index contributed by atoms with van der Waals surface area (Å²) in [6.07, 6.45) is 3.50. The van der Waals surface area contributed by atoms with E-state index in [9.17, 15) is 0 Å². The second kappa shape index (κ2) is 8.48. The standard InChI is InChI=1S/C15H22IN3OS.HI/c1-17-14(18-7-4-12-2-3-13(16)21-12)19-8-5-15(10-19)6-9-20-11-15;/h2-3H,4-11H2,1H3,(H,17,18);1H. The molecule has 1 spiro atoms. The van der Waals surface area contributed by atoms with E-state index in [0.29, 0.717) is 5.41 Å². The first-order valence-electron chi connectivity index (χ1n) is 7.48. The van der Waals surface area contributed by atoms with Gasteiger partial charge >= 0.3 is 0 Å². The largest absolute Gasteiger partial charge is 0.381 e. The number of ether oxygens (including phenoxy) is 1. The molecule has 0 bridgehead atoms. The molecule has 2 fully saturated rings. The van der Waals surface area contributed by atoms with Gasteiger partial charge in [0, 0.05) is 43.6 Å². The maximum absolute atomic E-state index is 5.60. The van der Waals surface area contributed by atoms with Crippen LogP contribution in [0.4, 0.5) is 0 Å². The molecule has 2 aliphatic heterocycles. The zero-order chi connectivity index (χ0) is 14.7. The number of hydrogen-bond acceptors (Lipinski definition) is 3. The fraction of sp³-hybridized carbons (Fsp3) is 0.667. The van der Waals surface area contributed by atoms with Gasteiger partial charge in [-0.2, -0.15) is 0 Å². The molecule has 1 atom stereocenters. The Balaban J connectivity index is 0.00000176. The van der Waals surface area contributed by atoms with Crippen LogP contribution in [0.1, 0.15) is 17.7 Å². The first kappa shape index (κ1) is 18.7. The van der Waals surface area contributed by atoms with Gasteiger partial charge in [0.05, 0.1) is 9.49 Å². The third-order valence-corrected chi connectivity index (χ3v) is 6.37. The summed E-state index contributed by atoms with van der Waals surface area (Å²) in [6, 6.07) is 4.40. The third-order valence-electron chi connectivity index (χ3n) is 4.42. The molecular weight excluding hydrogens is 524 g/mol. The summed E-state index contributed by atoms with van der Waals surface area (Å²) in [6.45, 7) is 4.98. The number of nitrogens with zero attached hydrogens (tertiary/aromatic N) is 2. The molecular formula is C15H23I2N3OS. The third kappa shape index (κ3) is 4.47. The minimum Gasteiger partial charge on any atom is -0.381 e. The summed E-state index contributed by atoms with van der Waals surface area (Å²) in [5.74, 6) is 1.05. The molecule has 3 heterocycles. The number of thiophene rings is 1. The molecule has 22 heavy (non-hydrogen) atoms. The highest BCUT2D eigenvalue weighted by atomic mass is 127. The van der Waals surface area contributed by atoms with Crippen molar-refractivity contribution in [3.05, 3.63) is 19.9 Å². The average Bonchev–Trinajstić information content (AvgIpc) is 3.19. The van der Waals surface area contributed by atoms with Crippen LogP contribution >= 0.6 is 57.9 Å². The van der Waals surface area contributed by atoms with E-state index in [-0.39, 0.29) is 24.0 Å². The first-order valence-corrected chi connectivity index (χ1v) is 9.38. The number of halogens is 2. The summed E-state index contributed by atoms with van der Waals surface area (Å²) in [7, 11) is 1.88. The Morgan fingerprint density at radius 1 is 1.50 bits per heavy atom. The lowest BCUT2D eigenvalue weighted by Gasteiger charge is -2.24. The van der Waals surface area contributed by atoms with Crippen molar-refractivity contribution < 1.29 is 4.74 Å². The van der Waals surface area contributed by atoms with Gasteiger partial charge in [-0.15, -0.1) is 35.3 Å². The molecule has 4 nitrogen and oxygen atoms in total. The van der Waals surface area contributed by atoms with Crippen LogP contribution in [-0.2, 0) is 11.2 Å². The molecule has 3 rings (SSSR count). The summed E-state index contributed by atoms with van der Waals surface area (Å²) >= 11 is 4.25. The van der Waals surface area contributed by atoms with Crippen molar-refractivity contribution in [3.8, 4) is 0 Å². The molecule has 1 aromatic heterocycles. The van der Waals surface area contributed by atoms with E-state index >= 15 is 0 Å². The van der Waals surface area contributed by atoms with Gasteiger partial charge in [-0.3, -0.25) is 4.99 Å². The Morgan fingerprint density at radius 2 is 2.36 bits per heavy atom. The van der Waals surface area contributed by atoms with Gasteiger partial charge in [0.25, 0.3) is 0 Å². The average molecular weight is 547 g/mol. The van der Waals surface area contributed by atoms with Crippen LogP contribution in [0.25, 0.3) is 0 Å². The van der Waals surface area contributed by atoms with E-state index in [0.717, 1.165) is 45.2 Å². The Hall–Kier alpha value is 0.390. The molecule has 2 saturated heterocycles. The lowest BCUT2D eigenvalue weighted by atomic mass is 9.87. The Labute approximate surface area is 167 Å². The zero-order valence-corrected chi connectivity index (χ0v) is 18.1. The Morgan fingerprint density at radius 3 is 3.00 bits per heavy atom. The first-order chi connectivity index (χ1) is 10.2. The van der Waals surface area contributed by atoms with Gasteiger partial charge in [0.1, 0.15) is 0 Å². The normalized spacial score (nSPS) is 24.8. The highest BCUT2D eigenvalue weighted by Gasteiger charge is 2.42. The lowest BCUT2D eigenvalue weighted by molar-refractivity contribution is 0.156. The van der Waals surface area contributed by atoms with Crippen LogP contribution in [0, 0.1) is 8.30 Å². The van der Waals surface area contributed by atoms with Crippen LogP contribution in [0.5, 0.6) is 0 Å². The van der Waals surface area contributed by atoms with Gasteiger partial charge in [-0.25, -0.2) is 0 Å². The van der Waals surface area contributed by atoms with Crippen LogP contribution in [0.15, 0.2) is 17.1 Å². The highest BCUT2D eigenvalue weighted by Crippen LogP contribution is 2.38. The topological polar surface area (TPSA) is 36.9 Å². The molecule has 0 saturated carbocycles. The van der Waals surface area contributed by atoms with Crippen molar-refractivity contribution >= 4 is 63.9 Å². The number of nitrogens with one attached hydrogen (secondary N) is 1. The number of aliphatic imine (C=N–C) groups is 1. The van der Waals surface area contributed by atoms with E-state index in [1.54, 1.807) is 0 Å². The van der Waals surface area contributed by atoms with Crippen molar-refractivity contribution in [1.82, 2.24) is 10.2 Å². The quantitative estimate of drug-likeness (QED) is 0.359. The van der Waals surface area contributed by atoms with E-state index in [1.807, 2.05) is 18.4 Å². The van der Waals surface area contributed by atoms with Crippen molar-refractivity contribution in [2.75, 3.05) is 39.9 Å². The molecule has 0 aliphatic carbocycles. The fourth-order valence-corrected chi connectivity index (χ4v) is 4.96. The maximum atomic E-state index is 5.60. The minimum atomic E-state index is 0. The number of rotatable bonds is 3. The molecule has 0 amide bonds. The van der Waals surface area contributed by atoms with Crippen LogP contribution in [0.2, 0.25) is 0 Å². The van der Waals surface area contributed by atoms with E-state index in [4.69, 9.17) is 4.74 Å². The molecule has 7 heteroatoms. The zero-order valence-electron chi connectivity index (χ0n) is 12.8. The van der Waals surface area contributed by atoms with Gasteiger partial charge in [0.15, 0.2) is 5.96 Å². The summed E-state index contributed by atoms with van der Waals surface area (Å²) in [5, 5.41) is 3.51. The minimum absolute atomic E-state index is 0. The van der Waals surface area contributed by atoms with Crippen LogP contribution < -0.4 is 5.32 Å². The molecule has 1 N–H and O–H groups in total. The van der Waals surface area contributed by atoms with Crippen molar-refractivity contribution in [1.29, 1.82) is 0 Å². The second-order valence-corrected chi connectivity index (χ2v) is 8.97. The van der Waals surface area contributed by atoms with Crippen LogP contribution in [0.3, 0.4) is 0 Å². The fourth-order valence-electron chi connectivity index (χ4n) is 3.20. The molecule has 1 aromatic rings. The second-order valence-electron chi connectivity index (χ2n) is 5.90. The van der Waals surface area contributed by atoms with Gasteiger partial charge in [-0.1, -0.05) is 0 Å². The predicted octanol–water partition coefficient (Wildman–Crippen LogP) is 3.20. The monoisotopic (exact) mass is 547 g/mol. The predicted molar refractivity (Wildman–Crippen MR) is 112 cm³/mol. The van der Waals surface area contributed by atoms with Crippen molar-refractivity contribution in [2.45, 2.75) is 19.3 Å². The Kier molecular flexibility index (Phi) is 7.21. The lowest BCUT2D eigenvalue weighted by Crippen LogP contribution is -2.42. The smallest absolute Gasteiger partial charge is 0.193 e. The Bertz CT molecular complexity index is 515. The van der Waals surface area contributed by atoms with Gasteiger partial charge in [0.2, 0.25) is 0 Å². The number of hydrogen-bond donors (Lipinski definition) is 1. The van der Waals surface area contributed by atoms with Crippen molar-refractivity contribution in [2.24, 2.45) is 10.4 Å². The van der Waals surface area contributed by atoms with E-state index in [1.165, 1.54) is 20.6 Å². The van der Waals surface area contributed by atoms with Crippen molar-refractivity contribution in [3.63, 3.8) is 0 Å². The summed E-state index contributed by atoms with van der Waals surface area (Å²) in [5.41, 5.74) is 0.390. The summed E-state index contributed by atoms with van der Waals surface area (Å²) in [4.78, 5) is 8.28. The molecule has 2 aliphatic rings. The number of likely N-dealkylation sites (tertiary alicyclic amines) is 1. The summed E-state index contributed by atoms with van der Waals surface area (Å²) < 4.78 is 6.96. The molecule has 0 radical (unpaired) electrons. The maximum Gasteiger partial charge on any atom is 0.193 e. The highest BCUT2D eigenvalue weighted by molar-refractivity contribution is 14.1. The number of guanidine groups is 1. The van der Waals surface area contributed by atoms with E-state index < -0.39 is 0 Å². The molecule has 0 aromatic carbocycles. The molecule has 1 unspecified atom stereocenters. The molecule has 124 valence electrons. The van der Waals surface area contributed by atoms with E-state index in [2.05, 4.69) is 49.9 Å².